The lowest BCUT2D eigenvalue weighted by Gasteiger charge is -2.18. The first kappa shape index (κ1) is 64.3. The van der Waals surface area contributed by atoms with Crippen LogP contribution < -0.4 is 0 Å². The normalized spacial score (nSPS) is 13.2. The van der Waals surface area contributed by atoms with Gasteiger partial charge in [0.15, 0.2) is 6.10 Å². The standard InChI is InChI=1S/C63H104O5/c1-4-7-10-13-16-19-22-25-27-29-31-33-35-37-40-43-46-49-52-55-58-66-59-61(68-63(65)57-54-51-48-45-42-38-24-21-18-15-12-9-6-3)60-67-62(64)56-53-50-47-44-41-39-36-34-32-30-28-26-23-20-17-14-11-8-5-2/h7,9-10,12,16-21,25-28,31,33,37-38,40,42,61H,4-6,8,11,13-15,22-24,29-30,32,34-36,39,41,43-60H2,1-3H3/b10-7-,12-9-,19-16-,20-17-,21-18-,27-25-,28-26-,33-31-,40-37-,42-38-. The molecule has 1 unspecified atom stereocenters. The highest BCUT2D eigenvalue weighted by Gasteiger charge is 2.17. The van der Waals surface area contributed by atoms with E-state index in [2.05, 4.69) is 142 Å². The smallest absolute Gasteiger partial charge is 0.306 e. The van der Waals surface area contributed by atoms with Crippen LogP contribution in [0.5, 0.6) is 0 Å². The Bertz CT molecular complexity index is 1390. The zero-order valence-corrected chi connectivity index (χ0v) is 44.3. The average Bonchev–Trinajstić information content (AvgIpc) is 3.34. The minimum atomic E-state index is -0.575. The number of rotatable bonds is 50. The fourth-order valence-corrected chi connectivity index (χ4v) is 7.34. The Hall–Kier alpha value is -3.70. The van der Waals surface area contributed by atoms with Crippen LogP contribution in [0.4, 0.5) is 0 Å². The molecule has 0 rings (SSSR count). The predicted octanol–water partition coefficient (Wildman–Crippen LogP) is 19.3. The summed E-state index contributed by atoms with van der Waals surface area (Å²) in [7, 11) is 0. The van der Waals surface area contributed by atoms with Crippen LogP contribution in [0.3, 0.4) is 0 Å². The summed E-state index contributed by atoms with van der Waals surface area (Å²) < 4.78 is 17.4. The van der Waals surface area contributed by atoms with Crippen LogP contribution >= 0.6 is 0 Å². The molecule has 0 amide bonds. The molecule has 0 spiro atoms. The van der Waals surface area contributed by atoms with E-state index in [0.717, 1.165) is 128 Å². The Labute approximate surface area is 420 Å². The molecule has 0 aromatic carbocycles. The third-order valence-corrected chi connectivity index (χ3v) is 11.5. The topological polar surface area (TPSA) is 61.8 Å². The summed E-state index contributed by atoms with van der Waals surface area (Å²) in [6.07, 6.45) is 80.8. The maximum Gasteiger partial charge on any atom is 0.306 e. The largest absolute Gasteiger partial charge is 0.462 e. The highest BCUT2D eigenvalue weighted by molar-refractivity contribution is 5.70. The molecule has 0 saturated heterocycles. The van der Waals surface area contributed by atoms with Crippen LogP contribution in [0.1, 0.15) is 239 Å². The molecule has 0 aliphatic carbocycles. The van der Waals surface area contributed by atoms with Crippen molar-refractivity contribution in [2.75, 3.05) is 19.8 Å². The van der Waals surface area contributed by atoms with Gasteiger partial charge in [-0.1, -0.05) is 219 Å². The van der Waals surface area contributed by atoms with Gasteiger partial charge in [-0.05, 0) is 128 Å². The van der Waals surface area contributed by atoms with E-state index in [-0.39, 0.29) is 25.2 Å². The second kappa shape index (κ2) is 57.6. The molecule has 0 aliphatic rings. The zero-order chi connectivity index (χ0) is 49.2. The molecule has 5 nitrogen and oxygen atoms in total. The van der Waals surface area contributed by atoms with Crippen LogP contribution in [0.2, 0.25) is 0 Å². The van der Waals surface area contributed by atoms with Gasteiger partial charge in [-0.3, -0.25) is 9.59 Å². The molecule has 386 valence electrons. The van der Waals surface area contributed by atoms with Gasteiger partial charge in [0, 0.05) is 19.4 Å². The average molecular weight is 942 g/mol. The Morgan fingerprint density at radius 3 is 1.07 bits per heavy atom. The van der Waals surface area contributed by atoms with Crippen molar-refractivity contribution in [1.29, 1.82) is 0 Å². The fourth-order valence-electron chi connectivity index (χ4n) is 7.34. The Morgan fingerprint density at radius 2 is 0.662 bits per heavy atom. The Balaban J connectivity index is 4.36. The van der Waals surface area contributed by atoms with E-state index in [0.29, 0.717) is 19.4 Å². The van der Waals surface area contributed by atoms with Crippen LogP contribution in [-0.2, 0) is 23.8 Å². The molecule has 1 atom stereocenters. The van der Waals surface area contributed by atoms with Crippen LogP contribution in [0, 0.1) is 0 Å². The molecule has 0 aromatic rings. The van der Waals surface area contributed by atoms with Gasteiger partial charge in [0.2, 0.25) is 0 Å². The summed E-state index contributed by atoms with van der Waals surface area (Å²) in [6.45, 7) is 7.48. The number of carbonyl (C=O) groups excluding carboxylic acids is 2. The number of hydrogen-bond donors (Lipinski definition) is 0. The Kier molecular flexibility index (Phi) is 54.5. The number of unbranched alkanes of at least 4 members (excludes halogenated alkanes) is 19. The first-order valence-electron chi connectivity index (χ1n) is 28.1. The van der Waals surface area contributed by atoms with Gasteiger partial charge in [0.25, 0.3) is 0 Å². The van der Waals surface area contributed by atoms with Crippen molar-refractivity contribution < 1.29 is 23.8 Å². The van der Waals surface area contributed by atoms with E-state index in [4.69, 9.17) is 14.2 Å². The molecule has 0 saturated carbocycles. The van der Waals surface area contributed by atoms with Crippen molar-refractivity contribution in [1.82, 2.24) is 0 Å². The first-order valence-corrected chi connectivity index (χ1v) is 28.1. The van der Waals surface area contributed by atoms with Gasteiger partial charge < -0.3 is 14.2 Å². The lowest BCUT2D eigenvalue weighted by Crippen LogP contribution is -2.30. The van der Waals surface area contributed by atoms with Gasteiger partial charge in [-0.25, -0.2) is 0 Å². The summed E-state index contributed by atoms with van der Waals surface area (Å²) in [6, 6.07) is 0. The SMILES string of the molecule is CC/C=C\C/C=C\C/C=C\C/C=C\C/C=C\CCCCCCOCC(COC(=O)CCCCCCCCCCC/C=C\C/C=C\CCCCC)OC(=O)CCCCC/C=C\C/C=C\C/C=C\CC. The van der Waals surface area contributed by atoms with Crippen molar-refractivity contribution in [3.05, 3.63) is 122 Å². The minimum Gasteiger partial charge on any atom is -0.462 e. The third-order valence-electron chi connectivity index (χ3n) is 11.5. The molecular formula is C63H104O5. The van der Waals surface area contributed by atoms with Crippen molar-refractivity contribution in [2.45, 2.75) is 245 Å². The quantitative estimate of drug-likeness (QED) is 0.0345. The van der Waals surface area contributed by atoms with Crippen LogP contribution in [-0.4, -0.2) is 37.9 Å². The number of esters is 2. The first-order chi connectivity index (χ1) is 33.6. The number of carbonyl (C=O) groups is 2. The molecule has 0 bridgehead atoms. The van der Waals surface area contributed by atoms with E-state index in [9.17, 15) is 9.59 Å². The van der Waals surface area contributed by atoms with Crippen molar-refractivity contribution >= 4 is 11.9 Å². The van der Waals surface area contributed by atoms with E-state index in [1.165, 1.54) is 77.0 Å². The van der Waals surface area contributed by atoms with Gasteiger partial charge in [-0.15, -0.1) is 0 Å². The van der Waals surface area contributed by atoms with Crippen molar-refractivity contribution in [3.8, 4) is 0 Å². The molecular weight excluding hydrogens is 837 g/mol. The minimum absolute atomic E-state index is 0.0535. The summed E-state index contributed by atoms with van der Waals surface area (Å²) in [4.78, 5) is 25.5. The van der Waals surface area contributed by atoms with Gasteiger partial charge >= 0.3 is 11.9 Å². The molecule has 5 heteroatoms. The zero-order valence-electron chi connectivity index (χ0n) is 44.3. The van der Waals surface area contributed by atoms with E-state index in [1.807, 2.05) is 0 Å². The maximum atomic E-state index is 12.8. The number of hydrogen-bond acceptors (Lipinski definition) is 5. The van der Waals surface area contributed by atoms with E-state index >= 15 is 0 Å². The van der Waals surface area contributed by atoms with Crippen LogP contribution in [0.15, 0.2) is 122 Å². The molecule has 0 N–H and O–H groups in total. The summed E-state index contributed by atoms with van der Waals surface area (Å²) >= 11 is 0. The van der Waals surface area contributed by atoms with Gasteiger partial charge in [0.1, 0.15) is 6.61 Å². The van der Waals surface area contributed by atoms with Crippen molar-refractivity contribution in [3.63, 3.8) is 0 Å². The molecule has 0 heterocycles. The molecule has 0 aromatic heterocycles. The lowest BCUT2D eigenvalue weighted by molar-refractivity contribution is -0.163. The highest BCUT2D eigenvalue weighted by Crippen LogP contribution is 2.14. The van der Waals surface area contributed by atoms with Gasteiger partial charge in [-0.2, -0.15) is 0 Å². The monoisotopic (exact) mass is 941 g/mol. The summed E-state index contributed by atoms with van der Waals surface area (Å²) in [5.74, 6) is -0.455. The highest BCUT2D eigenvalue weighted by atomic mass is 16.6. The second-order valence-electron chi connectivity index (χ2n) is 18.1. The Morgan fingerprint density at radius 1 is 0.338 bits per heavy atom. The number of allylic oxidation sites excluding steroid dienone is 20. The summed E-state index contributed by atoms with van der Waals surface area (Å²) in [5.41, 5.74) is 0. The van der Waals surface area contributed by atoms with Crippen LogP contribution in [0.25, 0.3) is 0 Å². The molecule has 68 heavy (non-hydrogen) atoms. The van der Waals surface area contributed by atoms with E-state index < -0.39 is 6.10 Å². The second-order valence-corrected chi connectivity index (χ2v) is 18.1. The van der Waals surface area contributed by atoms with Crippen molar-refractivity contribution in [2.24, 2.45) is 0 Å². The molecule has 0 radical (unpaired) electrons. The maximum absolute atomic E-state index is 12.8. The summed E-state index contributed by atoms with van der Waals surface area (Å²) in [5, 5.41) is 0. The van der Waals surface area contributed by atoms with Gasteiger partial charge in [0.05, 0.1) is 6.61 Å². The molecule has 0 aliphatic heterocycles. The lowest BCUT2D eigenvalue weighted by atomic mass is 10.1. The number of ether oxygens (including phenoxy) is 3. The fraction of sp³-hybridized carbons (Fsp3) is 0.651. The van der Waals surface area contributed by atoms with E-state index in [1.54, 1.807) is 0 Å². The third kappa shape index (κ3) is 54.9. The predicted molar refractivity (Wildman–Crippen MR) is 297 cm³/mol. The molecule has 0 fully saturated rings.